The molecule has 0 atom stereocenters. The molecule has 126 valence electrons. The number of rotatable bonds is 4. The van der Waals surface area contributed by atoms with E-state index in [1.807, 2.05) is 19.1 Å². The van der Waals surface area contributed by atoms with E-state index in [0.717, 1.165) is 49.2 Å². The van der Waals surface area contributed by atoms with Gasteiger partial charge in [-0.2, -0.15) is 4.98 Å². The predicted molar refractivity (Wildman–Crippen MR) is 92.0 cm³/mol. The van der Waals surface area contributed by atoms with Crippen molar-refractivity contribution in [3.8, 4) is 6.01 Å². The Hall–Kier alpha value is -2.41. The highest BCUT2D eigenvalue weighted by Crippen LogP contribution is 2.32. The Labute approximate surface area is 139 Å². The minimum Gasteiger partial charge on any atom is -0.465 e. The predicted octanol–water partition coefficient (Wildman–Crippen LogP) is 2.39. The summed E-state index contributed by atoms with van der Waals surface area (Å²) in [6.07, 6.45) is 3.85. The van der Waals surface area contributed by atoms with Crippen LogP contribution >= 0.6 is 0 Å². The fourth-order valence-electron chi connectivity index (χ4n) is 3.30. The highest BCUT2D eigenvalue weighted by molar-refractivity contribution is 6.04. The van der Waals surface area contributed by atoms with Crippen LogP contribution in [0.15, 0.2) is 18.3 Å². The lowest BCUT2D eigenvalue weighted by molar-refractivity contribution is 0.0607. The molecule has 1 aliphatic heterocycles. The first-order valence-corrected chi connectivity index (χ1v) is 8.39. The largest absolute Gasteiger partial charge is 0.465 e. The molecule has 1 fully saturated rings. The van der Waals surface area contributed by atoms with Crippen LogP contribution in [0.5, 0.6) is 6.01 Å². The van der Waals surface area contributed by atoms with Gasteiger partial charge in [-0.1, -0.05) is 0 Å². The number of nitrogens with two attached hydrogens (primary N) is 1. The molecule has 0 amide bonds. The third-order valence-electron chi connectivity index (χ3n) is 4.48. The fourth-order valence-corrected chi connectivity index (χ4v) is 3.30. The third kappa shape index (κ3) is 2.54. The summed E-state index contributed by atoms with van der Waals surface area (Å²) < 4.78 is 13.4. The third-order valence-corrected chi connectivity index (χ3v) is 4.48. The van der Waals surface area contributed by atoms with Crippen LogP contribution in [0.2, 0.25) is 0 Å². The summed E-state index contributed by atoms with van der Waals surface area (Å²) in [6, 6.07) is 4.37. The lowest BCUT2D eigenvalue weighted by atomic mass is 10.0. The molecule has 0 spiro atoms. The van der Waals surface area contributed by atoms with Crippen molar-refractivity contribution in [2.45, 2.75) is 26.3 Å². The topological polar surface area (TPSA) is 88.1 Å². The van der Waals surface area contributed by atoms with Crippen molar-refractivity contribution >= 4 is 27.9 Å². The van der Waals surface area contributed by atoms with Gasteiger partial charge >= 0.3 is 0 Å². The van der Waals surface area contributed by atoms with Crippen molar-refractivity contribution in [1.82, 2.24) is 19.5 Å². The van der Waals surface area contributed by atoms with Gasteiger partial charge in [-0.25, -0.2) is 4.98 Å². The zero-order valence-corrected chi connectivity index (χ0v) is 13.7. The summed E-state index contributed by atoms with van der Waals surface area (Å²) in [5, 5.41) is 0. The average Bonchev–Trinajstić information content (AvgIpc) is 2.96. The monoisotopic (exact) mass is 327 g/mol. The highest BCUT2D eigenvalue weighted by Gasteiger charge is 2.22. The number of imidazole rings is 1. The van der Waals surface area contributed by atoms with Crippen molar-refractivity contribution in [3.63, 3.8) is 0 Å². The number of fused-ring (bicyclic) bond motifs is 3. The van der Waals surface area contributed by atoms with Gasteiger partial charge in [0.15, 0.2) is 5.82 Å². The van der Waals surface area contributed by atoms with E-state index in [1.165, 1.54) is 0 Å². The summed E-state index contributed by atoms with van der Waals surface area (Å²) in [4.78, 5) is 13.5. The minimum atomic E-state index is 0.414. The molecule has 4 rings (SSSR count). The highest BCUT2D eigenvalue weighted by atomic mass is 16.5. The summed E-state index contributed by atoms with van der Waals surface area (Å²) in [5.74, 6) is 0.945. The van der Waals surface area contributed by atoms with Gasteiger partial charge in [0.05, 0.1) is 12.1 Å². The van der Waals surface area contributed by atoms with Crippen LogP contribution in [0.4, 0.5) is 5.82 Å². The van der Waals surface area contributed by atoms with E-state index in [-0.39, 0.29) is 0 Å². The summed E-state index contributed by atoms with van der Waals surface area (Å²) in [5.41, 5.74) is 9.31. The van der Waals surface area contributed by atoms with E-state index >= 15 is 0 Å². The van der Waals surface area contributed by atoms with E-state index < -0.39 is 0 Å². The van der Waals surface area contributed by atoms with Crippen molar-refractivity contribution in [1.29, 1.82) is 0 Å². The standard InChI is InChI=1S/C17H21N5O2/c1-2-24-17-21-14-15(22(17)10-11-5-8-23-9-6-11)13-12(20-16(14)18)4-3-7-19-13/h3-4,7,11H,2,5-6,8-10H2,1H3,(H2,18,20). The van der Waals surface area contributed by atoms with Gasteiger partial charge in [0.25, 0.3) is 6.01 Å². The maximum atomic E-state index is 6.14. The van der Waals surface area contributed by atoms with Crippen LogP contribution in [0.25, 0.3) is 22.1 Å². The fraction of sp³-hybridized carbons (Fsp3) is 0.471. The molecule has 0 aliphatic carbocycles. The molecule has 0 bridgehead atoms. The normalized spacial score (nSPS) is 16.0. The molecule has 24 heavy (non-hydrogen) atoms. The molecule has 2 N–H and O–H groups in total. The number of pyridine rings is 2. The average molecular weight is 327 g/mol. The number of hydrogen-bond donors (Lipinski definition) is 1. The second kappa shape index (κ2) is 6.24. The van der Waals surface area contributed by atoms with Crippen LogP contribution in [0, 0.1) is 5.92 Å². The van der Waals surface area contributed by atoms with Gasteiger partial charge in [-0.3, -0.25) is 9.55 Å². The molecule has 4 heterocycles. The molecule has 7 heteroatoms. The van der Waals surface area contributed by atoms with Gasteiger partial charge in [0.1, 0.15) is 16.6 Å². The summed E-state index contributed by atoms with van der Waals surface area (Å²) in [6.45, 7) is 4.95. The van der Waals surface area contributed by atoms with Crippen LogP contribution in [-0.4, -0.2) is 39.3 Å². The Morgan fingerprint density at radius 1 is 1.29 bits per heavy atom. The maximum absolute atomic E-state index is 6.14. The molecule has 1 saturated heterocycles. The first-order valence-electron chi connectivity index (χ1n) is 8.39. The summed E-state index contributed by atoms with van der Waals surface area (Å²) in [7, 11) is 0. The number of ether oxygens (including phenoxy) is 2. The van der Waals surface area contributed by atoms with E-state index in [9.17, 15) is 0 Å². The smallest absolute Gasteiger partial charge is 0.297 e. The molecule has 1 aliphatic rings. The van der Waals surface area contributed by atoms with Crippen LogP contribution in [0.1, 0.15) is 19.8 Å². The molecular formula is C17H21N5O2. The van der Waals surface area contributed by atoms with Gasteiger partial charge in [-0.15, -0.1) is 0 Å². The van der Waals surface area contributed by atoms with E-state index in [4.69, 9.17) is 15.2 Å². The molecule has 0 radical (unpaired) electrons. The second-order valence-corrected chi connectivity index (χ2v) is 6.06. The summed E-state index contributed by atoms with van der Waals surface area (Å²) >= 11 is 0. The molecule has 3 aromatic rings. The number of aromatic nitrogens is 4. The lowest BCUT2D eigenvalue weighted by Gasteiger charge is -2.23. The zero-order valence-electron chi connectivity index (χ0n) is 13.7. The molecule has 7 nitrogen and oxygen atoms in total. The van der Waals surface area contributed by atoms with E-state index in [2.05, 4.69) is 19.5 Å². The van der Waals surface area contributed by atoms with Crippen molar-refractivity contribution in [2.24, 2.45) is 5.92 Å². The van der Waals surface area contributed by atoms with E-state index in [0.29, 0.717) is 29.9 Å². The molecular weight excluding hydrogens is 306 g/mol. The number of hydrogen-bond acceptors (Lipinski definition) is 6. The molecule has 0 aromatic carbocycles. The van der Waals surface area contributed by atoms with Crippen LogP contribution in [-0.2, 0) is 11.3 Å². The van der Waals surface area contributed by atoms with Crippen LogP contribution < -0.4 is 10.5 Å². The van der Waals surface area contributed by atoms with Crippen molar-refractivity contribution in [2.75, 3.05) is 25.6 Å². The Bertz CT molecular complexity index is 870. The maximum Gasteiger partial charge on any atom is 0.297 e. The van der Waals surface area contributed by atoms with Gasteiger partial charge in [0, 0.05) is 26.0 Å². The quantitative estimate of drug-likeness (QED) is 0.791. The first-order chi connectivity index (χ1) is 11.8. The van der Waals surface area contributed by atoms with E-state index in [1.54, 1.807) is 6.20 Å². The van der Waals surface area contributed by atoms with Crippen molar-refractivity contribution < 1.29 is 9.47 Å². The van der Waals surface area contributed by atoms with Gasteiger partial charge in [-0.05, 0) is 37.8 Å². The number of anilines is 1. The zero-order chi connectivity index (χ0) is 16.5. The second-order valence-electron chi connectivity index (χ2n) is 6.06. The Balaban J connectivity index is 1.91. The molecule has 3 aromatic heterocycles. The Morgan fingerprint density at radius 2 is 2.12 bits per heavy atom. The Kier molecular flexibility index (Phi) is 3.93. The molecule has 0 unspecified atom stereocenters. The number of nitrogens with zero attached hydrogens (tertiary/aromatic N) is 4. The van der Waals surface area contributed by atoms with Crippen LogP contribution in [0.3, 0.4) is 0 Å². The number of nitrogen functional groups attached to an aromatic ring is 1. The minimum absolute atomic E-state index is 0.414. The van der Waals surface area contributed by atoms with Gasteiger partial charge in [0.2, 0.25) is 0 Å². The Morgan fingerprint density at radius 3 is 2.92 bits per heavy atom. The SMILES string of the molecule is CCOc1nc2c(N)nc3cccnc3c2n1CC1CCOCC1. The lowest BCUT2D eigenvalue weighted by Crippen LogP contribution is -2.21. The van der Waals surface area contributed by atoms with Crippen molar-refractivity contribution in [3.05, 3.63) is 18.3 Å². The van der Waals surface area contributed by atoms with Gasteiger partial charge < -0.3 is 15.2 Å². The molecule has 0 saturated carbocycles. The first kappa shape index (κ1) is 15.1.